The lowest BCUT2D eigenvalue weighted by Gasteiger charge is -2.10. The smallest absolute Gasteiger partial charge is 0.197 e. The first-order chi connectivity index (χ1) is 8.63. The Labute approximate surface area is 113 Å². The van der Waals surface area contributed by atoms with Crippen molar-refractivity contribution < 1.29 is 0 Å². The first kappa shape index (κ1) is 14.4. The molecule has 1 aromatic rings. The highest BCUT2D eigenvalue weighted by Gasteiger charge is 2.00. The summed E-state index contributed by atoms with van der Waals surface area (Å²) in [7, 11) is 1.68. The van der Waals surface area contributed by atoms with Gasteiger partial charge < -0.3 is 16.4 Å². The van der Waals surface area contributed by atoms with Gasteiger partial charge >= 0.3 is 0 Å². The monoisotopic (exact) mass is 265 g/mol. The molecule has 0 aliphatic heterocycles. The molecule has 0 fully saturated rings. The average Bonchev–Trinajstić information content (AvgIpc) is 2.34. The maximum absolute atomic E-state index is 5.37. The molecule has 0 amide bonds. The zero-order valence-electron chi connectivity index (χ0n) is 10.7. The van der Waals surface area contributed by atoms with Crippen LogP contribution in [0.3, 0.4) is 0 Å². The number of hydrogen-bond donors (Lipinski definition) is 3. The molecule has 0 saturated carbocycles. The standard InChI is InChI=1S/C12H19N5S/c1-9-5-3-7-15-10(9)6-4-8-16-12(14-2)17-11(13)18/h3,5,7H,4,6,8H2,1-2H3,(H4,13,14,16,17,18). The van der Waals surface area contributed by atoms with Gasteiger partial charge in [0.1, 0.15) is 0 Å². The molecule has 0 bridgehead atoms. The Balaban J connectivity index is 2.30. The van der Waals surface area contributed by atoms with Crippen molar-refractivity contribution in [2.24, 2.45) is 10.7 Å². The van der Waals surface area contributed by atoms with Crippen LogP contribution in [0.1, 0.15) is 17.7 Å². The van der Waals surface area contributed by atoms with Crippen molar-refractivity contribution in [3.63, 3.8) is 0 Å². The molecule has 0 radical (unpaired) electrons. The van der Waals surface area contributed by atoms with Crippen molar-refractivity contribution >= 4 is 23.3 Å². The number of pyridine rings is 1. The van der Waals surface area contributed by atoms with E-state index in [4.69, 9.17) is 18.0 Å². The van der Waals surface area contributed by atoms with Crippen LogP contribution in [-0.2, 0) is 6.42 Å². The Bertz CT molecular complexity index is 430. The molecule has 1 aromatic heterocycles. The van der Waals surface area contributed by atoms with Crippen molar-refractivity contribution in [3.05, 3.63) is 29.6 Å². The van der Waals surface area contributed by atoms with Crippen LogP contribution in [-0.4, -0.2) is 29.6 Å². The Kier molecular flexibility index (Phi) is 6.07. The van der Waals surface area contributed by atoms with Crippen LogP contribution < -0.4 is 16.4 Å². The number of nitrogens with one attached hydrogen (secondary N) is 2. The van der Waals surface area contributed by atoms with Gasteiger partial charge in [0.25, 0.3) is 0 Å². The normalized spacial score (nSPS) is 11.1. The van der Waals surface area contributed by atoms with Gasteiger partial charge in [0.15, 0.2) is 11.1 Å². The highest BCUT2D eigenvalue weighted by atomic mass is 32.1. The Morgan fingerprint density at radius 1 is 1.56 bits per heavy atom. The largest absolute Gasteiger partial charge is 0.376 e. The minimum Gasteiger partial charge on any atom is -0.376 e. The number of aliphatic imine (C=N–C) groups is 1. The summed E-state index contributed by atoms with van der Waals surface area (Å²) in [6.45, 7) is 2.86. The lowest BCUT2D eigenvalue weighted by Crippen LogP contribution is -2.43. The molecular formula is C12H19N5S. The molecule has 0 unspecified atom stereocenters. The molecule has 6 heteroatoms. The zero-order chi connectivity index (χ0) is 13.4. The van der Waals surface area contributed by atoms with E-state index in [9.17, 15) is 0 Å². The van der Waals surface area contributed by atoms with Gasteiger partial charge in [-0.1, -0.05) is 6.07 Å². The third-order valence-electron chi connectivity index (χ3n) is 2.47. The second-order valence-corrected chi connectivity index (χ2v) is 4.30. The predicted octanol–water partition coefficient (Wildman–Crippen LogP) is 0.731. The van der Waals surface area contributed by atoms with E-state index >= 15 is 0 Å². The predicted molar refractivity (Wildman–Crippen MR) is 78.6 cm³/mol. The van der Waals surface area contributed by atoms with Crippen LogP contribution in [0.15, 0.2) is 23.3 Å². The van der Waals surface area contributed by atoms with E-state index in [1.165, 1.54) is 5.56 Å². The molecule has 1 rings (SSSR count). The summed E-state index contributed by atoms with van der Waals surface area (Å²) in [5, 5.41) is 6.12. The molecule has 1 heterocycles. The van der Waals surface area contributed by atoms with Gasteiger partial charge in [0.2, 0.25) is 0 Å². The summed E-state index contributed by atoms with van der Waals surface area (Å²) in [6.07, 6.45) is 3.72. The van der Waals surface area contributed by atoms with Gasteiger partial charge in [-0.15, -0.1) is 0 Å². The van der Waals surface area contributed by atoms with Gasteiger partial charge in [-0.25, -0.2) is 0 Å². The molecule has 0 spiro atoms. The Morgan fingerprint density at radius 3 is 2.94 bits per heavy atom. The van der Waals surface area contributed by atoms with E-state index in [0.29, 0.717) is 5.96 Å². The Morgan fingerprint density at radius 2 is 2.33 bits per heavy atom. The maximum atomic E-state index is 5.37. The van der Waals surface area contributed by atoms with Gasteiger partial charge in [-0.3, -0.25) is 9.98 Å². The molecule has 5 nitrogen and oxygen atoms in total. The summed E-state index contributed by atoms with van der Waals surface area (Å²) >= 11 is 4.75. The number of hydrogen-bond acceptors (Lipinski definition) is 3. The van der Waals surface area contributed by atoms with Gasteiger partial charge in [0.05, 0.1) is 0 Å². The Hall–Kier alpha value is -1.69. The second kappa shape index (κ2) is 7.60. The average molecular weight is 265 g/mol. The molecular weight excluding hydrogens is 246 g/mol. The van der Waals surface area contributed by atoms with Gasteiger partial charge in [0, 0.05) is 25.5 Å². The van der Waals surface area contributed by atoms with Crippen LogP contribution >= 0.6 is 12.2 Å². The van der Waals surface area contributed by atoms with Gasteiger partial charge in [-0.2, -0.15) is 0 Å². The number of aromatic nitrogens is 1. The molecule has 0 aliphatic rings. The number of guanidine groups is 1. The second-order valence-electron chi connectivity index (χ2n) is 3.86. The highest BCUT2D eigenvalue weighted by molar-refractivity contribution is 7.80. The van der Waals surface area contributed by atoms with Crippen LogP contribution in [0.4, 0.5) is 0 Å². The summed E-state index contributed by atoms with van der Waals surface area (Å²) in [5.74, 6) is 0.597. The van der Waals surface area contributed by atoms with Crippen LogP contribution in [0.5, 0.6) is 0 Å². The van der Waals surface area contributed by atoms with E-state index in [1.807, 2.05) is 12.3 Å². The summed E-state index contributed by atoms with van der Waals surface area (Å²) < 4.78 is 0. The molecule has 0 aliphatic carbocycles. The number of rotatable bonds is 4. The van der Waals surface area contributed by atoms with Crippen LogP contribution in [0.25, 0.3) is 0 Å². The first-order valence-corrected chi connectivity index (χ1v) is 6.22. The summed E-state index contributed by atoms with van der Waals surface area (Å²) in [4.78, 5) is 8.35. The maximum Gasteiger partial charge on any atom is 0.197 e. The van der Waals surface area contributed by atoms with E-state index in [2.05, 4.69) is 33.6 Å². The van der Waals surface area contributed by atoms with Crippen LogP contribution in [0, 0.1) is 6.92 Å². The fraction of sp³-hybridized carbons (Fsp3) is 0.417. The lowest BCUT2D eigenvalue weighted by molar-refractivity contribution is 0.747. The molecule has 4 N–H and O–H groups in total. The summed E-state index contributed by atoms with van der Waals surface area (Å²) in [6, 6.07) is 4.02. The van der Waals surface area contributed by atoms with Crippen molar-refractivity contribution in [1.82, 2.24) is 15.6 Å². The van der Waals surface area contributed by atoms with Crippen LogP contribution in [0.2, 0.25) is 0 Å². The third-order valence-corrected chi connectivity index (χ3v) is 2.57. The minimum absolute atomic E-state index is 0.212. The van der Waals surface area contributed by atoms with E-state index in [1.54, 1.807) is 7.05 Å². The topological polar surface area (TPSA) is 75.3 Å². The minimum atomic E-state index is 0.212. The molecule has 0 atom stereocenters. The number of thiocarbonyl (C=S) groups is 1. The van der Waals surface area contributed by atoms with Crippen molar-refractivity contribution in [2.75, 3.05) is 13.6 Å². The van der Waals surface area contributed by atoms with E-state index in [0.717, 1.165) is 25.1 Å². The fourth-order valence-electron chi connectivity index (χ4n) is 1.54. The van der Waals surface area contributed by atoms with E-state index in [-0.39, 0.29) is 5.11 Å². The quantitative estimate of drug-likeness (QED) is 0.324. The molecule has 0 aromatic carbocycles. The number of nitrogens with zero attached hydrogens (tertiary/aromatic N) is 2. The first-order valence-electron chi connectivity index (χ1n) is 5.81. The highest BCUT2D eigenvalue weighted by Crippen LogP contribution is 2.05. The molecule has 18 heavy (non-hydrogen) atoms. The van der Waals surface area contributed by atoms with Crippen molar-refractivity contribution in [1.29, 1.82) is 0 Å². The fourth-order valence-corrected chi connectivity index (χ4v) is 1.64. The van der Waals surface area contributed by atoms with E-state index < -0.39 is 0 Å². The summed E-state index contributed by atoms with van der Waals surface area (Å²) in [5.41, 5.74) is 7.73. The number of nitrogens with two attached hydrogens (primary N) is 1. The van der Waals surface area contributed by atoms with Crippen molar-refractivity contribution in [3.8, 4) is 0 Å². The lowest BCUT2D eigenvalue weighted by atomic mass is 10.1. The molecule has 98 valence electrons. The SMILES string of the molecule is CN=C(NCCCc1ncccc1C)NC(N)=S. The molecule has 0 saturated heterocycles. The van der Waals surface area contributed by atoms with Crippen molar-refractivity contribution in [2.45, 2.75) is 19.8 Å². The zero-order valence-corrected chi connectivity index (χ0v) is 11.5. The third kappa shape index (κ3) is 5.09. The van der Waals surface area contributed by atoms with Gasteiger partial charge in [-0.05, 0) is 43.6 Å². The number of aryl methyl sites for hydroxylation is 2.